The Kier molecular flexibility index (Phi) is 4.99. The van der Waals surface area contributed by atoms with Crippen molar-refractivity contribution in [3.8, 4) is 0 Å². The van der Waals surface area contributed by atoms with E-state index in [0.717, 1.165) is 17.0 Å². The molecule has 0 aliphatic carbocycles. The second kappa shape index (κ2) is 6.94. The second-order valence-corrected chi connectivity index (χ2v) is 5.52. The van der Waals surface area contributed by atoms with Crippen molar-refractivity contribution < 1.29 is 9.59 Å². The van der Waals surface area contributed by atoms with E-state index in [4.69, 9.17) is 0 Å². The summed E-state index contributed by atoms with van der Waals surface area (Å²) in [6.45, 7) is 3.77. The highest BCUT2D eigenvalue weighted by Crippen LogP contribution is 2.14. The van der Waals surface area contributed by atoms with Gasteiger partial charge in [-0.3, -0.25) is 14.9 Å². The van der Waals surface area contributed by atoms with Gasteiger partial charge in [-0.1, -0.05) is 36.0 Å². The molecule has 7 heteroatoms. The van der Waals surface area contributed by atoms with Gasteiger partial charge in [-0.2, -0.15) is 0 Å². The van der Waals surface area contributed by atoms with E-state index in [2.05, 4.69) is 20.8 Å². The molecule has 110 valence electrons. The number of benzene rings is 1. The minimum Gasteiger partial charge on any atom is -0.343 e. The number of nitrogens with zero attached hydrogens (tertiary/aromatic N) is 2. The Balaban J connectivity index is 1.85. The number of anilines is 1. The normalized spacial score (nSPS) is 10.2. The Hall–Kier alpha value is -2.28. The standard InChI is InChI=1S/C14H16N4O2S/c1-3-12-17-18-14(21-12)16-11(19)8-15-13(20)10-6-4-5-9(2)7-10/h4-7H,3,8H2,1-2H3,(H,15,20)(H,16,18,19). The summed E-state index contributed by atoms with van der Waals surface area (Å²) in [7, 11) is 0. The average Bonchev–Trinajstić information content (AvgIpc) is 2.92. The summed E-state index contributed by atoms with van der Waals surface area (Å²) in [5, 5.41) is 14.2. The number of hydrogen-bond acceptors (Lipinski definition) is 5. The zero-order valence-corrected chi connectivity index (χ0v) is 12.7. The first-order valence-corrected chi connectivity index (χ1v) is 7.37. The van der Waals surface area contributed by atoms with Crippen molar-refractivity contribution in [2.24, 2.45) is 0 Å². The number of amides is 2. The van der Waals surface area contributed by atoms with Gasteiger partial charge < -0.3 is 5.32 Å². The Morgan fingerprint density at radius 2 is 2.10 bits per heavy atom. The fraction of sp³-hybridized carbons (Fsp3) is 0.286. The van der Waals surface area contributed by atoms with Gasteiger partial charge in [-0.25, -0.2) is 0 Å². The van der Waals surface area contributed by atoms with Crippen LogP contribution < -0.4 is 10.6 Å². The van der Waals surface area contributed by atoms with Crippen LogP contribution in [-0.2, 0) is 11.2 Å². The van der Waals surface area contributed by atoms with Crippen LogP contribution in [0.3, 0.4) is 0 Å². The van der Waals surface area contributed by atoms with Gasteiger partial charge in [0.1, 0.15) is 5.01 Å². The number of hydrogen-bond donors (Lipinski definition) is 2. The van der Waals surface area contributed by atoms with Crippen molar-refractivity contribution >= 4 is 28.3 Å². The minimum atomic E-state index is -0.324. The predicted molar refractivity (Wildman–Crippen MR) is 81.4 cm³/mol. The molecule has 0 spiro atoms. The summed E-state index contributed by atoms with van der Waals surface area (Å²) in [5.41, 5.74) is 1.53. The smallest absolute Gasteiger partial charge is 0.251 e. The Morgan fingerprint density at radius 3 is 2.76 bits per heavy atom. The molecule has 0 radical (unpaired) electrons. The zero-order valence-electron chi connectivity index (χ0n) is 11.8. The Bertz CT molecular complexity index is 654. The molecule has 0 saturated heterocycles. The van der Waals surface area contributed by atoms with Gasteiger partial charge in [0.2, 0.25) is 11.0 Å². The molecule has 2 amide bonds. The maximum atomic E-state index is 11.9. The first-order chi connectivity index (χ1) is 10.1. The summed E-state index contributed by atoms with van der Waals surface area (Å²) < 4.78 is 0. The van der Waals surface area contributed by atoms with Crippen molar-refractivity contribution in [3.05, 3.63) is 40.4 Å². The van der Waals surface area contributed by atoms with Crippen molar-refractivity contribution in [2.75, 3.05) is 11.9 Å². The molecule has 6 nitrogen and oxygen atoms in total. The molecule has 0 unspecified atom stereocenters. The first-order valence-electron chi connectivity index (χ1n) is 6.55. The minimum absolute atomic E-state index is 0.103. The Labute approximate surface area is 126 Å². The fourth-order valence-electron chi connectivity index (χ4n) is 1.66. The van der Waals surface area contributed by atoms with Gasteiger partial charge in [0, 0.05) is 5.56 Å². The van der Waals surface area contributed by atoms with Gasteiger partial charge in [-0.15, -0.1) is 10.2 Å². The summed E-state index contributed by atoms with van der Waals surface area (Å²) in [4.78, 5) is 23.6. The van der Waals surface area contributed by atoms with E-state index in [0.29, 0.717) is 10.7 Å². The van der Waals surface area contributed by atoms with E-state index in [9.17, 15) is 9.59 Å². The zero-order chi connectivity index (χ0) is 15.2. The average molecular weight is 304 g/mol. The maximum Gasteiger partial charge on any atom is 0.251 e. The molecular weight excluding hydrogens is 288 g/mol. The van der Waals surface area contributed by atoms with Crippen molar-refractivity contribution in [1.29, 1.82) is 0 Å². The Morgan fingerprint density at radius 1 is 1.29 bits per heavy atom. The van der Waals surface area contributed by atoms with Crippen LogP contribution >= 0.6 is 11.3 Å². The third-order valence-corrected chi connectivity index (χ3v) is 3.69. The molecule has 2 aromatic rings. The van der Waals surface area contributed by atoms with Crippen molar-refractivity contribution in [3.63, 3.8) is 0 Å². The fourth-order valence-corrected chi connectivity index (χ4v) is 2.36. The van der Waals surface area contributed by atoms with Crippen LogP contribution in [0.15, 0.2) is 24.3 Å². The molecule has 0 saturated carbocycles. The molecule has 0 aliphatic heterocycles. The van der Waals surface area contributed by atoms with Crippen molar-refractivity contribution in [2.45, 2.75) is 20.3 Å². The molecule has 0 fully saturated rings. The highest BCUT2D eigenvalue weighted by molar-refractivity contribution is 7.15. The van der Waals surface area contributed by atoms with Crippen LogP contribution in [-0.4, -0.2) is 28.6 Å². The van der Waals surface area contributed by atoms with E-state index < -0.39 is 0 Å². The number of carbonyl (C=O) groups is 2. The third-order valence-electron chi connectivity index (χ3n) is 2.71. The number of aryl methyl sites for hydroxylation is 2. The highest BCUT2D eigenvalue weighted by atomic mass is 32.1. The summed E-state index contributed by atoms with van der Waals surface area (Å²) >= 11 is 1.33. The van der Waals surface area contributed by atoms with Gasteiger partial charge >= 0.3 is 0 Å². The lowest BCUT2D eigenvalue weighted by Gasteiger charge is -2.05. The quantitative estimate of drug-likeness (QED) is 0.882. The number of rotatable bonds is 5. The summed E-state index contributed by atoms with van der Waals surface area (Å²) in [6, 6.07) is 7.19. The number of carbonyl (C=O) groups excluding carboxylic acids is 2. The summed E-state index contributed by atoms with van der Waals surface area (Å²) in [6.07, 6.45) is 0.775. The molecule has 2 rings (SSSR count). The first kappa shape index (κ1) is 15.1. The van der Waals surface area contributed by atoms with Crippen molar-refractivity contribution in [1.82, 2.24) is 15.5 Å². The molecular formula is C14H16N4O2S. The largest absolute Gasteiger partial charge is 0.343 e. The summed E-state index contributed by atoms with van der Waals surface area (Å²) in [5.74, 6) is -0.602. The molecule has 0 aliphatic rings. The van der Waals surface area contributed by atoms with Crippen LogP contribution in [0.1, 0.15) is 27.9 Å². The van der Waals surface area contributed by atoms with E-state index in [1.54, 1.807) is 18.2 Å². The van der Waals surface area contributed by atoms with E-state index in [1.165, 1.54) is 11.3 Å². The van der Waals surface area contributed by atoms with E-state index >= 15 is 0 Å². The van der Waals surface area contributed by atoms with Gasteiger partial charge in [0.25, 0.3) is 5.91 Å². The SMILES string of the molecule is CCc1nnc(NC(=O)CNC(=O)c2cccc(C)c2)s1. The van der Waals surface area contributed by atoms with Crippen LogP contribution in [0, 0.1) is 6.92 Å². The second-order valence-electron chi connectivity index (χ2n) is 4.45. The molecule has 0 atom stereocenters. The highest BCUT2D eigenvalue weighted by Gasteiger charge is 2.10. The number of aromatic nitrogens is 2. The molecule has 2 N–H and O–H groups in total. The van der Waals surface area contributed by atoms with Crippen LogP contribution in [0.4, 0.5) is 5.13 Å². The molecule has 1 aromatic heterocycles. The molecule has 0 bridgehead atoms. The maximum absolute atomic E-state index is 11.9. The lowest BCUT2D eigenvalue weighted by Crippen LogP contribution is -2.32. The van der Waals surface area contributed by atoms with Crippen LogP contribution in [0.2, 0.25) is 0 Å². The topological polar surface area (TPSA) is 84.0 Å². The van der Waals surface area contributed by atoms with Gasteiger partial charge in [0.05, 0.1) is 6.54 Å². The lowest BCUT2D eigenvalue weighted by molar-refractivity contribution is -0.115. The predicted octanol–water partition coefficient (Wildman–Crippen LogP) is 1.78. The molecule has 21 heavy (non-hydrogen) atoms. The van der Waals surface area contributed by atoms with Crippen LogP contribution in [0.5, 0.6) is 0 Å². The monoisotopic (exact) mass is 304 g/mol. The van der Waals surface area contributed by atoms with Crippen LogP contribution in [0.25, 0.3) is 0 Å². The number of nitrogens with one attached hydrogen (secondary N) is 2. The van der Waals surface area contributed by atoms with E-state index in [1.807, 2.05) is 19.9 Å². The van der Waals surface area contributed by atoms with Gasteiger partial charge in [0.15, 0.2) is 0 Å². The van der Waals surface area contributed by atoms with E-state index in [-0.39, 0.29) is 18.4 Å². The van der Waals surface area contributed by atoms with Gasteiger partial charge in [-0.05, 0) is 25.5 Å². The molecule has 1 aromatic carbocycles. The third kappa shape index (κ3) is 4.35. The molecule has 1 heterocycles. The lowest BCUT2D eigenvalue weighted by atomic mass is 10.1.